The summed E-state index contributed by atoms with van der Waals surface area (Å²) in [6.45, 7) is 0. The lowest BCUT2D eigenvalue weighted by Gasteiger charge is -2.18. The van der Waals surface area contributed by atoms with Crippen molar-refractivity contribution < 1.29 is 0 Å². The van der Waals surface area contributed by atoms with Gasteiger partial charge in [0.05, 0.1) is 11.6 Å². The summed E-state index contributed by atoms with van der Waals surface area (Å²) in [4.78, 5) is 0. The van der Waals surface area contributed by atoms with Gasteiger partial charge in [0.25, 0.3) is 0 Å². The molecule has 0 saturated heterocycles. The molecule has 0 atom stereocenters. The molecule has 0 aliphatic heterocycles. The molecular weight excluding hydrogens is 523 g/mol. The summed E-state index contributed by atoms with van der Waals surface area (Å²) in [6.07, 6.45) is 0. The summed E-state index contributed by atoms with van der Waals surface area (Å²) in [7, 11) is 0. The fourth-order valence-electron chi connectivity index (χ4n) is 6.00. The van der Waals surface area contributed by atoms with E-state index < -0.39 is 0 Å². The zero-order chi connectivity index (χ0) is 26.6. The maximum Gasteiger partial charge on any atom is 0.0998 e. The Labute approximate surface area is 239 Å². The van der Waals surface area contributed by atoms with E-state index in [-0.39, 0.29) is 0 Å². The number of rotatable bonds is 3. The smallest absolute Gasteiger partial charge is 0.0998 e. The van der Waals surface area contributed by atoms with Crippen molar-refractivity contribution in [1.29, 1.82) is 5.26 Å². The topological polar surface area (TPSA) is 23.8 Å². The van der Waals surface area contributed by atoms with Gasteiger partial charge in [-0.05, 0) is 58.1 Å². The van der Waals surface area contributed by atoms with Crippen LogP contribution in [0, 0.1) is 11.3 Å². The SMILES string of the molecule is N#Cc1ccccc1-c1c(-c2ccc3c(c2)sc2ccccc23)cccc1-c1cccc2sc3ccccc3c12. The maximum absolute atomic E-state index is 10.2. The van der Waals surface area contributed by atoms with Gasteiger partial charge >= 0.3 is 0 Å². The van der Waals surface area contributed by atoms with E-state index in [9.17, 15) is 5.26 Å². The van der Waals surface area contributed by atoms with Crippen molar-refractivity contribution in [2.24, 2.45) is 0 Å². The van der Waals surface area contributed by atoms with E-state index in [1.807, 2.05) is 40.9 Å². The summed E-state index contributed by atoms with van der Waals surface area (Å²) < 4.78 is 5.13. The van der Waals surface area contributed by atoms with Crippen LogP contribution in [0.1, 0.15) is 5.56 Å². The molecule has 8 rings (SSSR count). The van der Waals surface area contributed by atoms with Crippen molar-refractivity contribution in [3.63, 3.8) is 0 Å². The molecule has 2 aromatic heterocycles. The quantitative estimate of drug-likeness (QED) is 0.217. The van der Waals surface area contributed by atoms with Crippen LogP contribution in [0.4, 0.5) is 0 Å². The van der Waals surface area contributed by atoms with Gasteiger partial charge in [0.15, 0.2) is 0 Å². The predicted molar refractivity (Wildman–Crippen MR) is 173 cm³/mol. The molecule has 0 bridgehead atoms. The fourth-order valence-corrected chi connectivity index (χ4v) is 8.28. The van der Waals surface area contributed by atoms with Crippen molar-refractivity contribution >= 4 is 63.0 Å². The van der Waals surface area contributed by atoms with Gasteiger partial charge in [-0.25, -0.2) is 0 Å². The summed E-state index contributed by atoms with van der Waals surface area (Å²) in [5.74, 6) is 0. The molecule has 0 aliphatic rings. The Morgan fingerprint density at radius 1 is 0.450 bits per heavy atom. The minimum absolute atomic E-state index is 0.682. The second kappa shape index (κ2) is 9.17. The molecule has 0 radical (unpaired) electrons. The highest BCUT2D eigenvalue weighted by molar-refractivity contribution is 7.26. The lowest BCUT2D eigenvalue weighted by atomic mass is 9.85. The standard InChI is InChI=1S/C37H21NS2/c38-22-24-9-1-2-10-26(24)36-25(23-19-20-28-27-11-3-5-16-32(27)40-35(28)21-23)13-7-14-29(36)30-15-8-18-34-37(30)31-12-4-6-17-33(31)39-34/h1-21H. The minimum Gasteiger partial charge on any atom is -0.192 e. The lowest BCUT2D eigenvalue weighted by molar-refractivity contribution is 1.48. The molecule has 40 heavy (non-hydrogen) atoms. The van der Waals surface area contributed by atoms with Gasteiger partial charge in [-0.3, -0.25) is 0 Å². The second-order valence-corrected chi connectivity index (χ2v) is 12.1. The highest BCUT2D eigenvalue weighted by Gasteiger charge is 2.20. The first-order valence-corrected chi connectivity index (χ1v) is 14.9. The van der Waals surface area contributed by atoms with Crippen molar-refractivity contribution in [3.05, 3.63) is 133 Å². The Bertz CT molecular complexity index is 2290. The van der Waals surface area contributed by atoms with E-state index in [1.54, 1.807) is 0 Å². The number of benzene rings is 6. The molecule has 2 heterocycles. The molecule has 0 amide bonds. The monoisotopic (exact) mass is 543 g/mol. The molecule has 3 heteroatoms. The Balaban J connectivity index is 1.46. The third kappa shape index (κ3) is 3.51. The van der Waals surface area contributed by atoms with Crippen LogP contribution >= 0.6 is 22.7 Å². The summed E-state index contributed by atoms with van der Waals surface area (Å²) in [5.41, 5.74) is 7.38. The van der Waals surface area contributed by atoms with Gasteiger partial charge in [0.2, 0.25) is 0 Å². The third-order valence-electron chi connectivity index (χ3n) is 7.76. The largest absolute Gasteiger partial charge is 0.192 e. The van der Waals surface area contributed by atoms with Crippen molar-refractivity contribution in [2.45, 2.75) is 0 Å². The summed E-state index contributed by atoms with van der Waals surface area (Å²) >= 11 is 3.67. The zero-order valence-corrected chi connectivity index (χ0v) is 23.0. The normalized spacial score (nSPS) is 11.5. The molecular formula is C37H21NS2. The molecule has 6 aromatic carbocycles. The van der Waals surface area contributed by atoms with Crippen LogP contribution in [0.2, 0.25) is 0 Å². The Hall–Kier alpha value is -4.75. The van der Waals surface area contributed by atoms with Crippen LogP contribution in [0.5, 0.6) is 0 Å². The fraction of sp³-hybridized carbons (Fsp3) is 0. The van der Waals surface area contributed by atoms with Crippen LogP contribution in [-0.2, 0) is 0 Å². The molecule has 0 saturated carbocycles. The molecule has 0 aliphatic carbocycles. The van der Waals surface area contributed by atoms with E-state index in [1.165, 1.54) is 45.9 Å². The second-order valence-electron chi connectivity index (χ2n) is 9.97. The number of thiophene rings is 2. The van der Waals surface area contributed by atoms with Crippen LogP contribution < -0.4 is 0 Å². The molecule has 0 unspecified atom stereocenters. The first-order chi connectivity index (χ1) is 19.8. The van der Waals surface area contributed by atoms with Crippen molar-refractivity contribution in [1.82, 2.24) is 0 Å². The van der Waals surface area contributed by atoms with E-state index >= 15 is 0 Å². The number of hydrogen-bond donors (Lipinski definition) is 0. The molecule has 186 valence electrons. The first-order valence-electron chi connectivity index (χ1n) is 13.2. The van der Waals surface area contributed by atoms with Crippen LogP contribution in [0.15, 0.2) is 127 Å². The highest BCUT2D eigenvalue weighted by Crippen LogP contribution is 2.47. The minimum atomic E-state index is 0.682. The summed E-state index contributed by atoms with van der Waals surface area (Å²) in [5, 5.41) is 15.3. The number of fused-ring (bicyclic) bond motifs is 6. The highest BCUT2D eigenvalue weighted by atomic mass is 32.1. The Kier molecular flexibility index (Phi) is 5.31. The third-order valence-corrected chi connectivity index (χ3v) is 10.0. The number of nitriles is 1. The van der Waals surface area contributed by atoms with Crippen LogP contribution in [-0.4, -0.2) is 0 Å². The van der Waals surface area contributed by atoms with Crippen LogP contribution in [0.3, 0.4) is 0 Å². The van der Waals surface area contributed by atoms with E-state index in [0.29, 0.717) is 5.56 Å². The van der Waals surface area contributed by atoms with Crippen molar-refractivity contribution in [3.8, 4) is 39.4 Å². The molecule has 8 aromatic rings. The molecule has 0 spiro atoms. The summed E-state index contributed by atoms with van der Waals surface area (Å²) in [6, 6.07) is 47.7. The lowest BCUT2D eigenvalue weighted by Crippen LogP contribution is -1.93. The average Bonchev–Trinajstić information content (AvgIpc) is 3.58. The van der Waals surface area contributed by atoms with Gasteiger partial charge in [-0.2, -0.15) is 5.26 Å². The van der Waals surface area contributed by atoms with Gasteiger partial charge in [-0.15, -0.1) is 22.7 Å². The van der Waals surface area contributed by atoms with Crippen molar-refractivity contribution in [2.75, 3.05) is 0 Å². The number of hydrogen-bond acceptors (Lipinski definition) is 3. The first kappa shape index (κ1) is 23.2. The molecule has 0 N–H and O–H groups in total. The Morgan fingerprint density at radius 2 is 1.05 bits per heavy atom. The zero-order valence-electron chi connectivity index (χ0n) is 21.4. The van der Waals surface area contributed by atoms with Crippen LogP contribution in [0.25, 0.3) is 73.7 Å². The molecule has 1 nitrogen and oxygen atoms in total. The average molecular weight is 544 g/mol. The Morgan fingerprint density at radius 3 is 1.93 bits per heavy atom. The number of nitrogens with zero attached hydrogens (tertiary/aromatic N) is 1. The van der Waals surface area contributed by atoms with E-state index in [4.69, 9.17) is 0 Å². The predicted octanol–water partition coefficient (Wildman–Crippen LogP) is 11.3. The van der Waals surface area contributed by atoms with Gasteiger partial charge in [0.1, 0.15) is 0 Å². The molecule has 0 fully saturated rings. The van der Waals surface area contributed by atoms with Gasteiger partial charge < -0.3 is 0 Å². The maximum atomic E-state index is 10.2. The van der Waals surface area contributed by atoms with Gasteiger partial charge in [0, 0.05) is 45.9 Å². The van der Waals surface area contributed by atoms with Gasteiger partial charge in [-0.1, -0.05) is 97.1 Å². The van der Waals surface area contributed by atoms with E-state index in [2.05, 4.69) is 115 Å². The van der Waals surface area contributed by atoms with E-state index in [0.717, 1.165) is 27.8 Å².